The number of carbonyl (C=O) groups excluding carboxylic acids is 1. The van der Waals surface area contributed by atoms with E-state index in [9.17, 15) is 4.79 Å². The van der Waals surface area contributed by atoms with Gasteiger partial charge in [0.1, 0.15) is 5.69 Å². The fourth-order valence-electron chi connectivity index (χ4n) is 2.68. The van der Waals surface area contributed by atoms with E-state index in [0.717, 1.165) is 38.4 Å². The van der Waals surface area contributed by atoms with Crippen molar-refractivity contribution >= 4 is 5.91 Å². The average Bonchev–Trinajstić information content (AvgIpc) is 2.47. The van der Waals surface area contributed by atoms with Crippen LogP contribution in [0.3, 0.4) is 0 Å². The Bertz CT molecular complexity index is 465. The van der Waals surface area contributed by atoms with Gasteiger partial charge in [0.15, 0.2) is 0 Å². The molecule has 1 aromatic heterocycles. The van der Waals surface area contributed by atoms with Crippen LogP contribution in [0.25, 0.3) is 0 Å². The van der Waals surface area contributed by atoms with E-state index in [1.54, 1.807) is 6.07 Å². The fraction of sp³-hybridized carbons (Fsp3) is 0.571. The number of nitrogen functional groups attached to an aromatic ring is 1. The number of hydrogen-bond donors (Lipinski definition) is 2. The molecule has 20 heavy (non-hydrogen) atoms. The number of rotatable bonds is 4. The van der Waals surface area contributed by atoms with Gasteiger partial charge >= 0.3 is 0 Å². The summed E-state index contributed by atoms with van der Waals surface area (Å²) in [4.78, 5) is 20.7. The first-order valence-electron chi connectivity index (χ1n) is 7.07. The number of carbonyl (C=O) groups is 1. The molecule has 1 fully saturated rings. The lowest BCUT2D eigenvalue weighted by Gasteiger charge is -2.39. The van der Waals surface area contributed by atoms with E-state index >= 15 is 0 Å². The van der Waals surface area contributed by atoms with Crippen molar-refractivity contribution in [1.29, 1.82) is 0 Å². The van der Waals surface area contributed by atoms with Gasteiger partial charge < -0.3 is 0 Å². The van der Waals surface area contributed by atoms with Crippen LogP contribution in [0.2, 0.25) is 0 Å². The van der Waals surface area contributed by atoms with Gasteiger partial charge in [-0.25, -0.2) is 10.8 Å². The zero-order chi connectivity index (χ0) is 14.5. The molecule has 1 saturated heterocycles. The highest BCUT2D eigenvalue weighted by Crippen LogP contribution is 2.12. The number of amides is 1. The van der Waals surface area contributed by atoms with Gasteiger partial charge in [-0.15, -0.1) is 0 Å². The van der Waals surface area contributed by atoms with Crippen molar-refractivity contribution in [3.05, 3.63) is 29.6 Å². The average molecular weight is 277 g/mol. The molecule has 0 aromatic carbocycles. The van der Waals surface area contributed by atoms with Crippen LogP contribution >= 0.6 is 0 Å². The predicted octanol–water partition coefficient (Wildman–Crippen LogP) is 0.211. The number of nitrogens with two attached hydrogens (primary N) is 1. The molecule has 1 aliphatic heterocycles. The summed E-state index contributed by atoms with van der Waals surface area (Å²) in [6.07, 6.45) is 0. The second-order valence-corrected chi connectivity index (χ2v) is 5.20. The number of hydrazine groups is 1. The van der Waals surface area contributed by atoms with Crippen LogP contribution < -0.4 is 11.3 Å². The maximum atomic E-state index is 11.5. The summed E-state index contributed by atoms with van der Waals surface area (Å²) in [5.74, 6) is 4.78. The molecule has 6 nitrogen and oxygen atoms in total. The number of aromatic nitrogens is 1. The van der Waals surface area contributed by atoms with Crippen LogP contribution in [0, 0.1) is 0 Å². The van der Waals surface area contributed by atoms with Gasteiger partial charge in [-0.3, -0.25) is 20.0 Å². The van der Waals surface area contributed by atoms with Crippen LogP contribution in [-0.4, -0.2) is 52.9 Å². The van der Waals surface area contributed by atoms with E-state index in [4.69, 9.17) is 5.84 Å². The van der Waals surface area contributed by atoms with Gasteiger partial charge in [0.25, 0.3) is 5.91 Å². The highest BCUT2D eigenvalue weighted by molar-refractivity contribution is 5.91. The van der Waals surface area contributed by atoms with E-state index in [2.05, 4.69) is 34.1 Å². The molecule has 110 valence electrons. The molecule has 0 spiro atoms. The lowest BCUT2D eigenvalue weighted by molar-refractivity contribution is 0.0824. The van der Waals surface area contributed by atoms with E-state index in [1.165, 1.54) is 0 Å². The van der Waals surface area contributed by atoms with Gasteiger partial charge in [0.05, 0.1) is 5.69 Å². The summed E-state index contributed by atoms with van der Waals surface area (Å²) in [6, 6.07) is 6.02. The van der Waals surface area contributed by atoms with Crippen molar-refractivity contribution in [2.24, 2.45) is 5.84 Å². The molecule has 1 aliphatic rings. The van der Waals surface area contributed by atoms with Crippen molar-refractivity contribution in [2.45, 2.75) is 26.4 Å². The lowest BCUT2D eigenvalue weighted by Crippen LogP contribution is -2.51. The number of piperazine rings is 1. The third kappa shape index (κ3) is 3.53. The Hall–Kier alpha value is -1.50. The summed E-state index contributed by atoms with van der Waals surface area (Å²) in [6.45, 7) is 9.47. The zero-order valence-corrected chi connectivity index (χ0v) is 12.2. The minimum atomic E-state index is -0.351. The summed E-state index contributed by atoms with van der Waals surface area (Å²) in [5.41, 5.74) is 3.38. The van der Waals surface area contributed by atoms with Gasteiger partial charge in [0, 0.05) is 32.2 Å². The summed E-state index contributed by atoms with van der Waals surface area (Å²) in [5, 5.41) is 0. The molecular weight excluding hydrogens is 254 g/mol. The molecular formula is C14H23N5O. The van der Waals surface area contributed by atoms with Crippen molar-refractivity contribution in [2.75, 3.05) is 26.2 Å². The van der Waals surface area contributed by atoms with Crippen molar-refractivity contribution < 1.29 is 4.79 Å². The van der Waals surface area contributed by atoms with Gasteiger partial charge in [-0.05, 0) is 25.6 Å². The predicted molar refractivity (Wildman–Crippen MR) is 77.9 cm³/mol. The molecule has 1 unspecified atom stereocenters. The first-order valence-corrected chi connectivity index (χ1v) is 7.07. The maximum absolute atomic E-state index is 11.5. The third-order valence-electron chi connectivity index (χ3n) is 3.81. The molecule has 0 radical (unpaired) electrons. The minimum Gasteiger partial charge on any atom is -0.298 e. The fourth-order valence-corrected chi connectivity index (χ4v) is 2.68. The number of nitrogens with zero attached hydrogens (tertiary/aromatic N) is 3. The van der Waals surface area contributed by atoms with Crippen LogP contribution in [0.1, 0.15) is 30.0 Å². The summed E-state index contributed by atoms with van der Waals surface area (Å²) < 4.78 is 0. The van der Waals surface area contributed by atoms with Crippen molar-refractivity contribution in [1.82, 2.24) is 20.2 Å². The molecule has 1 atom stereocenters. The third-order valence-corrected chi connectivity index (χ3v) is 3.81. The summed E-state index contributed by atoms with van der Waals surface area (Å²) >= 11 is 0. The SMILES string of the molecule is CCN1CCN(Cc2cccc(C(=O)NN)n2)CC1C. The van der Waals surface area contributed by atoms with Gasteiger partial charge in [-0.2, -0.15) is 0 Å². The smallest absolute Gasteiger partial charge is 0.283 e. The lowest BCUT2D eigenvalue weighted by atomic mass is 10.2. The molecule has 2 heterocycles. The second-order valence-electron chi connectivity index (χ2n) is 5.20. The highest BCUT2D eigenvalue weighted by Gasteiger charge is 2.22. The standard InChI is InChI=1S/C14H23N5O/c1-3-19-8-7-18(9-11(19)2)10-12-5-4-6-13(16-12)14(20)17-15/h4-6,11H,3,7-10,15H2,1-2H3,(H,17,20). The van der Waals surface area contributed by atoms with Crippen LogP contribution in [0.4, 0.5) is 0 Å². The van der Waals surface area contributed by atoms with Gasteiger partial charge in [0.2, 0.25) is 0 Å². The second kappa shape index (κ2) is 6.78. The Balaban J connectivity index is 1.99. The minimum absolute atomic E-state index is 0.351. The van der Waals surface area contributed by atoms with Gasteiger partial charge in [-0.1, -0.05) is 13.0 Å². The molecule has 0 aliphatic carbocycles. The highest BCUT2D eigenvalue weighted by atomic mass is 16.2. The maximum Gasteiger partial charge on any atom is 0.283 e. The monoisotopic (exact) mass is 277 g/mol. The van der Waals surface area contributed by atoms with Crippen LogP contribution in [0.15, 0.2) is 18.2 Å². The Morgan fingerprint density at radius 2 is 2.30 bits per heavy atom. The normalized spacial score (nSPS) is 20.9. The summed E-state index contributed by atoms with van der Waals surface area (Å²) in [7, 11) is 0. The number of pyridine rings is 1. The largest absolute Gasteiger partial charge is 0.298 e. The zero-order valence-electron chi connectivity index (χ0n) is 12.2. The quantitative estimate of drug-likeness (QED) is 0.467. The Kier molecular flexibility index (Phi) is 5.05. The van der Waals surface area contributed by atoms with E-state index < -0.39 is 0 Å². The molecule has 6 heteroatoms. The molecule has 2 rings (SSSR count). The first-order chi connectivity index (χ1) is 9.63. The van der Waals surface area contributed by atoms with Crippen molar-refractivity contribution in [3.8, 4) is 0 Å². The van der Waals surface area contributed by atoms with Crippen LogP contribution in [0.5, 0.6) is 0 Å². The molecule has 1 aromatic rings. The number of nitrogens with one attached hydrogen (secondary N) is 1. The van der Waals surface area contributed by atoms with E-state index in [1.807, 2.05) is 12.1 Å². The Labute approximate surface area is 119 Å². The molecule has 0 bridgehead atoms. The Morgan fingerprint density at radius 1 is 1.50 bits per heavy atom. The molecule has 3 N–H and O–H groups in total. The van der Waals surface area contributed by atoms with Crippen LogP contribution in [-0.2, 0) is 6.54 Å². The molecule has 0 saturated carbocycles. The van der Waals surface area contributed by atoms with Crippen molar-refractivity contribution in [3.63, 3.8) is 0 Å². The first kappa shape index (κ1) is 14.9. The van der Waals surface area contributed by atoms with E-state index in [-0.39, 0.29) is 5.91 Å². The number of likely N-dealkylation sites (N-methyl/N-ethyl adjacent to an activating group) is 1. The topological polar surface area (TPSA) is 74.5 Å². The molecule has 1 amide bonds. The van der Waals surface area contributed by atoms with E-state index in [0.29, 0.717) is 11.7 Å². The Morgan fingerprint density at radius 3 is 2.95 bits per heavy atom. The number of hydrogen-bond acceptors (Lipinski definition) is 5.